The number of rotatable bonds is 6. The molecule has 1 atom stereocenters. The van der Waals surface area contributed by atoms with Gasteiger partial charge in [0, 0.05) is 24.0 Å². The van der Waals surface area contributed by atoms with E-state index in [0.29, 0.717) is 33.9 Å². The summed E-state index contributed by atoms with van der Waals surface area (Å²) >= 11 is 0. The van der Waals surface area contributed by atoms with Crippen molar-refractivity contribution in [3.05, 3.63) is 77.3 Å². The number of nitrogen functional groups attached to an aromatic ring is 1. The standard InChI is InChI=1S/C22H20F2N8O/c1-12-8-14-9-15(10-28-21(14)29-19(12)25)22(33)32(13(2)20-26-6-3-7-27-20)11-16-4-5-17(18(23)24)31-30-16/h3-10,13,18H,11H2,1-2H3,(H2,25,28,29)/t13-/m1/s1. The predicted octanol–water partition coefficient (Wildman–Crippen LogP) is 3.44. The summed E-state index contributed by atoms with van der Waals surface area (Å²) in [4.78, 5) is 32.0. The zero-order valence-electron chi connectivity index (χ0n) is 17.9. The molecule has 0 unspecified atom stereocenters. The largest absolute Gasteiger partial charge is 0.383 e. The summed E-state index contributed by atoms with van der Waals surface area (Å²) < 4.78 is 25.7. The van der Waals surface area contributed by atoms with Crippen LogP contribution >= 0.6 is 0 Å². The highest BCUT2D eigenvalue weighted by molar-refractivity contribution is 5.97. The van der Waals surface area contributed by atoms with Crippen LogP contribution in [0.25, 0.3) is 11.0 Å². The average Bonchev–Trinajstić information content (AvgIpc) is 2.83. The summed E-state index contributed by atoms with van der Waals surface area (Å²) in [6.45, 7) is 3.60. The minimum Gasteiger partial charge on any atom is -0.383 e. The van der Waals surface area contributed by atoms with Crippen LogP contribution in [0.1, 0.15) is 52.5 Å². The lowest BCUT2D eigenvalue weighted by molar-refractivity contribution is 0.0662. The molecular formula is C22H20F2N8O. The minimum absolute atomic E-state index is 0.00578. The number of pyridine rings is 2. The second kappa shape index (κ2) is 9.15. The first kappa shape index (κ1) is 22.1. The molecule has 0 saturated carbocycles. The van der Waals surface area contributed by atoms with Crippen molar-refractivity contribution in [1.82, 2.24) is 35.0 Å². The Morgan fingerprint density at radius 1 is 1.12 bits per heavy atom. The average molecular weight is 450 g/mol. The van der Waals surface area contributed by atoms with Crippen LogP contribution < -0.4 is 5.73 Å². The number of nitrogens with zero attached hydrogens (tertiary/aromatic N) is 7. The fourth-order valence-corrected chi connectivity index (χ4v) is 3.26. The van der Waals surface area contributed by atoms with Crippen LogP contribution in [0, 0.1) is 6.92 Å². The Bertz CT molecular complexity index is 1290. The number of anilines is 1. The molecule has 4 aromatic heterocycles. The number of amides is 1. The summed E-state index contributed by atoms with van der Waals surface area (Å²) in [7, 11) is 0. The summed E-state index contributed by atoms with van der Waals surface area (Å²) in [6.07, 6.45) is 1.85. The lowest BCUT2D eigenvalue weighted by Crippen LogP contribution is -2.34. The van der Waals surface area contributed by atoms with Crippen LogP contribution in [0.4, 0.5) is 14.6 Å². The first-order valence-corrected chi connectivity index (χ1v) is 10.0. The number of nitrogens with two attached hydrogens (primary N) is 1. The number of hydrogen-bond donors (Lipinski definition) is 1. The smallest absolute Gasteiger partial charge is 0.282 e. The molecule has 168 valence electrons. The molecule has 0 bridgehead atoms. The highest BCUT2D eigenvalue weighted by Crippen LogP contribution is 2.24. The van der Waals surface area contributed by atoms with Gasteiger partial charge in [0.25, 0.3) is 12.3 Å². The molecule has 0 aliphatic rings. The van der Waals surface area contributed by atoms with Crippen molar-refractivity contribution in [2.75, 3.05) is 5.73 Å². The highest BCUT2D eigenvalue weighted by Gasteiger charge is 2.26. The van der Waals surface area contributed by atoms with Crippen molar-refractivity contribution < 1.29 is 13.6 Å². The Morgan fingerprint density at radius 2 is 1.88 bits per heavy atom. The van der Waals surface area contributed by atoms with Crippen LogP contribution in [0.5, 0.6) is 0 Å². The van der Waals surface area contributed by atoms with E-state index in [4.69, 9.17) is 5.73 Å². The van der Waals surface area contributed by atoms with Gasteiger partial charge in [0.2, 0.25) is 0 Å². The van der Waals surface area contributed by atoms with Gasteiger partial charge in [0.05, 0.1) is 23.8 Å². The van der Waals surface area contributed by atoms with Gasteiger partial charge >= 0.3 is 0 Å². The molecule has 33 heavy (non-hydrogen) atoms. The van der Waals surface area contributed by atoms with E-state index in [-0.39, 0.29) is 12.5 Å². The fourth-order valence-electron chi connectivity index (χ4n) is 3.26. The van der Waals surface area contributed by atoms with Crippen LogP contribution in [0.15, 0.2) is 48.9 Å². The summed E-state index contributed by atoms with van der Waals surface area (Å²) in [5.41, 5.74) is 7.27. The van der Waals surface area contributed by atoms with Gasteiger partial charge in [-0.2, -0.15) is 5.10 Å². The van der Waals surface area contributed by atoms with Crippen LogP contribution in [0.2, 0.25) is 0 Å². The van der Waals surface area contributed by atoms with E-state index in [0.717, 1.165) is 5.56 Å². The third kappa shape index (κ3) is 4.71. The van der Waals surface area contributed by atoms with E-state index in [1.54, 1.807) is 31.5 Å². The maximum absolute atomic E-state index is 13.6. The number of carbonyl (C=O) groups is 1. The fraction of sp³-hybridized carbons (Fsp3) is 0.227. The van der Waals surface area contributed by atoms with E-state index in [2.05, 4.69) is 30.1 Å². The molecule has 11 heteroatoms. The van der Waals surface area contributed by atoms with E-state index < -0.39 is 18.2 Å². The molecule has 0 aliphatic carbocycles. The van der Waals surface area contributed by atoms with Gasteiger partial charge < -0.3 is 10.6 Å². The van der Waals surface area contributed by atoms with Crippen LogP contribution in [0.3, 0.4) is 0 Å². The summed E-state index contributed by atoms with van der Waals surface area (Å²) in [5.74, 6) is 0.428. The maximum Gasteiger partial charge on any atom is 0.282 e. The Balaban J connectivity index is 1.70. The summed E-state index contributed by atoms with van der Waals surface area (Å²) in [5, 5.41) is 8.08. The zero-order chi connectivity index (χ0) is 23.5. The van der Waals surface area contributed by atoms with Crippen molar-refractivity contribution >= 4 is 22.8 Å². The number of aromatic nitrogens is 6. The van der Waals surface area contributed by atoms with E-state index in [1.807, 2.05) is 13.0 Å². The number of alkyl halides is 2. The normalized spacial score (nSPS) is 12.2. The maximum atomic E-state index is 13.6. The van der Waals surface area contributed by atoms with Gasteiger partial charge in [-0.15, -0.1) is 5.10 Å². The topological polar surface area (TPSA) is 124 Å². The van der Waals surface area contributed by atoms with Crippen molar-refractivity contribution in [2.24, 2.45) is 0 Å². The molecular weight excluding hydrogens is 430 g/mol. The van der Waals surface area contributed by atoms with Crippen LogP contribution in [-0.4, -0.2) is 40.9 Å². The second-order valence-electron chi connectivity index (χ2n) is 7.43. The van der Waals surface area contributed by atoms with Gasteiger partial charge in [0.15, 0.2) is 5.65 Å². The van der Waals surface area contributed by atoms with Gasteiger partial charge in [-0.05, 0) is 49.7 Å². The van der Waals surface area contributed by atoms with Gasteiger partial charge in [-0.3, -0.25) is 4.79 Å². The number of carbonyl (C=O) groups excluding carboxylic acids is 1. The number of aryl methyl sites for hydroxylation is 1. The van der Waals surface area contributed by atoms with Crippen molar-refractivity contribution in [3.8, 4) is 0 Å². The molecule has 0 aliphatic heterocycles. The molecule has 4 heterocycles. The lowest BCUT2D eigenvalue weighted by atomic mass is 10.1. The quantitative estimate of drug-likeness (QED) is 0.474. The first-order chi connectivity index (χ1) is 15.8. The Labute approximate surface area is 187 Å². The number of halogens is 2. The predicted molar refractivity (Wildman–Crippen MR) is 116 cm³/mol. The SMILES string of the molecule is Cc1cc2cc(C(=O)N(Cc3ccc(C(F)F)nn3)[C@H](C)c3ncccn3)cnc2nc1N. The van der Waals surface area contributed by atoms with Crippen LogP contribution in [-0.2, 0) is 6.54 Å². The van der Waals surface area contributed by atoms with E-state index in [1.165, 1.54) is 23.2 Å². The molecule has 0 saturated heterocycles. The molecule has 4 rings (SSSR count). The van der Waals surface area contributed by atoms with Crippen molar-refractivity contribution in [3.63, 3.8) is 0 Å². The molecule has 0 aromatic carbocycles. The number of hydrogen-bond acceptors (Lipinski definition) is 8. The molecule has 4 aromatic rings. The minimum atomic E-state index is -2.73. The molecule has 9 nitrogen and oxygen atoms in total. The number of fused-ring (bicyclic) bond motifs is 1. The third-order valence-corrected chi connectivity index (χ3v) is 5.13. The molecule has 2 N–H and O–H groups in total. The first-order valence-electron chi connectivity index (χ1n) is 10.0. The van der Waals surface area contributed by atoms with Gasteiger partial charge in [-0.25, -0.2) is 28.7 Å². The Kier molecular flexibility index (Phi) is 6.11. The highest BCUT2D eigenvalue weighted by atomic mass is 19.3. The Morgan fingerprint density at radius 3 is 2.55 bits per heavy atom. The Hall–Kier alpha value is -4.15. The molecule has 0 fully saturated rings. The summed E-state index contributed by atoms with van der Waals surface area (Å²) in [6, 6.07) is 7.23. The molecule has 0 radical (unpaired) electrons. The van der Waals surface area contributed by atoms with Crippen molar-refractivity contribution in [2.45, 2.75) is 32.9 Å². The van der Waals surface area contributed by atoms with Crippen molar-refractivity contribution in [1.29, 1.82) is 0 Å². The molecule has 0 spiro atoms. The molecule has 1 amide bonds. The monoisotopic (exact) mass is 450 g/mol. The van der Waals surface area contributed by atoms with E-state index in [9.17, 15) is 13.6 Å². The van der Waals surface area contributed by atoms with Gasteiger partial charge in [-0.1, -0.05) is 0 Å². The zero-order valence-corrected chi connectivity index (χ0v) is 17.9. The lowest BCUT2D eigenvalue weighted by Gasteiger charge is -2.28. The second-order valence-corrected chi connectivity index (χ2v) is 7.43. The van der Waals surface area contributed by atoms with Gasteiger partial charge in [0.1, 0.15) is 17.3 Å². The third-order valence-electron chi connectivity index (χ3n) is 5.13. The van der Waals surface area contributed by atoms with E-state index >= 15 is 0 Å².